The van der Waals surface area contributed by atoms with E-state index in [1.165, 1.54) is 31.5 Å². The Bertz CT molecular complexity index is 627. The van der Waals surface area contributed by atoms with Crippen LogP contribution >= 0.6 is 0 Å². The van der Waals surface area contributed by atoms with Gasteiger partial charge in [0.25, 0.3) is 0 Å². The van der Waals surface area contributed by atoms with Crippen LogP contribution < -0.4 is 4.74 Å². The zero-order chi connectivity index (χ0) is 17.4. The first-order valence-electron chi connectivity index (χ1n) is 9.39. The molecule has 5 nitrogen and oxygen atoms in total. The van der Waals surface area contributed by atoms with Crippen LogP contribution in [0.25, 0.3) is 0 Å². The van der Waals surface area contributed by atoms with E-state index in [2.05, 4.69) is 28.0 Å². The van der Waals surface area contributed by atoms with Gasteiger partial charge in [0.1, 0.15) is 5.75 Å². The molecule has 25 heavy (non-hydrogen) atoms. The average molecular weight is 344 g/mol. The molecule has 0 spiro atoms. The van der Waals surface area contributed by atoms with Crippen LogP contribution in [0.1, 0.15) is 30.7 Å². The maximum absolute atomic E-state index is 12.8. The molecule has 5 heteroatoms. The highest BCUT2D eigenvalue weighted by Gasteiger charge is 2.54. The van der Waals surface area contributed by atoms with Gasteiger partial charge in [0.2, 0.25) is 5.91 Å². The first-order valence-corrected chi connectivity index (χ1v) is 9.39. The Balaban J connectivity index is 1.64. The predicted molar refractivity (Wildman–Crippen MR) is 95.8 cm³/mol. The molecule has 4 aliphatic heterocycles. The van der Waals surface area contributed by atoms with Crippen LogP contribution in [-0.4, -0.2) is 68.3 Å². The minimum Gasteiger partial charge on any atom is -0.497 e. The predicted octanol–water partition coefficient (Wildman–Crippen LogP) is 2.12. The molecule has 0 aromatic heterocycles. The normalized spacial score (nSPS) is 33.4. The summed E-state index contributed by atoms with van der Waals surface area (Å²) in [6.45, 7) is 3.67. The van der Waals surface area contributed by atoms with Crippen molar-refractivity contribution >= 4 is 5.91 Å². The summed E-state index contributed by atoms with van der Waals surface area (Å²) in [5.41, 5.74) is 1.30. The molecule has 0 aliphatic carbocycles. The lowest BCUT2D eigenvalue weighted by molar-refractivity contribution is -0.136. The van der Waals surface area contributed by atoms with Crippen LogP contribution in [0.4, 0.5) is 0 Å². The molecule has 3 atom stereocenters. The summed E-state index contributed by atoms with van der Waals surface area (Å²) in [5, 5.41) is 0. The third kappa shape index (κ3) is 2.93. The molecule has 1 aromatic carbocycles. The zero-order valence-corrected chi connectivity index (χ0v) is 15.2. The number of rotatable bonds is 5. The Labute approximate surface area is 149 Å². The van der Waals surface area contributed by atoms with Gasteiger partial charge in [-0.2, -0.15) is 0 Å². The molecule has 0 radical (unpaired) electrons. The van der Waals surface area contributed by atoms with E-state index in [9.17, 15) is 4.79 Å². The molecular formula is C20H28N2O3. The second kappa shape index (κ2) is 6.96. The largest absolute Gasteiger partial charge is 0.497 e. The van der Waals surface area contributed by atoms with Gasteiger partial charge in [-0.05, 0) is 49.5 Å². The topological polar surface area (TPSA) is 42.0 Å². The number of fused-ring (bicyclic) bond motifs is 2. The van der Waals surface area contributed by atoms with Gasteiger partial charge in [-0.3, -0.25) is 9.69 Å². The van der Waals surface area contributed by atoms with Crippen LogP contribution in [0.2, 0.25) is 0 Å². The van der Waals surface area contributed by atoms with Crippen molar-refractivity contribution in [2.75, 3.05) is 40.5 Å². The van der Waals surface area contributed by atoms with Crippen molar-refractivity contribution in [3.8, 4) is 5.75 Å². The van der Waals surface area contributed by atoms with Crippen LogP contribution in [0.3, 0.4) is 0 Å². The molecule has 136 valence electrons. The number of carbonyl (C=O) groups is 1. The zero-order valence-electron chi connectivity index (χ0n) is 15.2. The van der Waals surface area contributed by atoms with E-state index in [1.807, 2.05) is 6.07 Å². The minimum absolute atomic E-state index is 0.246. The quantitative estimate of drug-likeness (QED) is 0.821. The number of benzene rings is 1. The smallest absolute Gasteiger partial charge is 0.225 e. The summed E-state index contributed by atoms with van der Waals surface area (Å²) in [6.07, 6.45) is 2.93. The van der Waals surface area contributed by atoms with Crippen molar-refractivity contribution in [3.05, 3.63) is 29.8 Å². The van der Waals surface area contributed by atoms with Gasteiger partial charge in [-0.25, -0.2) is 0 Å². The van der Waals surface area contributed by atoms with Crippen molar-refractivity contribution in [3.63, 3.8) is 0 Å². The highest BCUT2D eigenvalue weighted by atomic mass is 16.5. The van der Waals surface area contributed by atoms with Gasteiger partial charge < -0.3 is 14.4 Å². The fraction of sp³-hybridized carbons (Fsp3) is 0.650. The van der Waals surface area contributed by atoms with Crippen LogP contribution in [0.15, 0.2) is 24.3 Å². The van der Waals surface area contributed by atoms with Gasteiger partial charge in [0.05, 0.1) is 26.2 Å². The van der Waals surface area contributed by atoms with Crippen molar-refractivity contribution in [1.82, 2.24) is 9.80 Å². The second-order valence-corrected chi connectivity index (χ2v) is 7.53. The molecule has 0 unspecified atom stereocenters. The molecule has 4 heterocycles. The lowest BCUT2D eigenvalue weighted by Crippen LogP contribution is -2.60. The molecular weight excluding hydrogens is 316 g/mol. The van der Waals surface area contributed by atoms with E-state index < -0.39 is 0 Å². The number of methoxy groups -OCH3 is 2. The molecule has 4 saturated heterocycles. The monoisotopic (exact) mass is 344 g/mol. The molecule has 4 fully saturated rings. The fourth-order valence-corrected chi connectivity index (χ4v) is 5.20. The number of ether oxygens (including phenoxy) is 2. The lowest BCUT2D eigenvalue weighted by Gasteiger charge is -2.51. The summed E-state index contributed by atoms with van der Waals surface area (Å²) >= 11 is 0. The van der Waals surface area contributed by atoms with E-state index in [-0.39, 0.29) is 5.91 Å². The fourth-order valence-electron chi connectivity index (χ4n) is 5.20. The number of piperidine rings is 3. The second-order valence-electron chi connectivity index (χ2n) is 7.53. The highest BCUT2D eigenvalue weighted by molar-refractivity contribution is 5.77. The molecule has 2 bridgehead atoms. The van der Waals surface area contributed by atoms with E-state index in [0.29, 0.717) is 36.9 Å². The standard InChI is InChI=1S/C20H28N2O3/c1-24-11-8-18(23)22-13-17(15-4-3-5-16(12-15)25-2)20-19(22)14-6-9-21(20)10-7-14/h3-5,12,14,17,19-20H,6-11,13H2,1-2H3/t17-,19-,20-/m1/s1. The van der Waals surface area contributed by atoms with Gasteiger partial charge in [-0.1, -0.05) is 12.1 Å². The minimum atomic E-state index is 0.246. The van der Waals surface area contributed by atoms with Gasteiger partial charge in [-0.15, -0.1) is 0 Å². The van der Waals surface area contributed by atoms with Crippen molar-refractivity contribution < 1.29 is 14.3 Å². The van der Waals surface area contributed by atoms with Crippen LogP contribution in [0, 0.1) is 5.92 Å². The Morgan fingerprint density at radius 3 is 2.72 bits per heavy atom. The van der Waals surface area contributed by atoms with E-state index in [4.69, 9.17) is 9.47 Å². The van der Waals surface area contributed by atoms with Gasteiger partial charge in [0, 0.05) is 25.6 Å². The maximum Gasteiger partial charge on any atom is 0.225 e. The molecule has 0 N–H and O–H groups in total. The first kappa shape index (κ1) is 16.9. The third-order valence-corrected chi connectivity index (χ3v) is 6.36. The van der Waals surface area contributed by atoms with Crippen LogP contribution in [0.5, 0.6) is 5.75 Å². The lowest BCUT2D eigenvalue weighted by atomic mass is 9.75. The Hall–Kier alpha value is -1.59. The third-order valence-electron chi connectivity index (χ3n) is 6.36. The molecule has 4 aliphatic rings. The Morgan fingerprint density at radius 1 is 1.20 bits per heavy atom. The summed E-state index contributed by atoms with van der Waals surface area (Å²) in [6, 6.07) is 9.21. The van der Waals surface area contributed by atoms with E-state index >= 15 is 0 Å². The van der Waals surface area contributed by atoms with Crippen molar-refractivity contribution in [2.45, 2.75) is 37.3 Å². The van der Waals surface area contributed by atoms with Gasteiger partial charge in [0.15, 0.2) is 0 Å². The van der Waals surface area contributed by atoms with Crippen LogP contribution in [-0.2, 0) is 9.53 Å². The number of nitrogens with zero attached hydrogens (tertiary/aromatic N) is 2. The summed E-state index contributed by atoms with van der Waals surface area (Å²) in [7, 11) is 3.37. The summed E-state index contributed by atoms with van der Waals surface area (Å²) in [5.74, 6) is 2.16. The maximum atomic E-state index is 12.8. The SMILES string of the molecule is COCCC(=O)N1C[C@H](c2cccc(OC)c2)[C@@H]2[C@H]1C1CCN2CC1. The number of amides is 1. The van der Waals surface area contributed by atoms with E-state index in [1.54, 1.807) is 14.2 Å². The van der Waals surface area contributed by atoms with Crippen molar-refractivity contribution in [2.24, 2.45) is 5.92 Å². The summed E-state index contributed by atoms with van der Waals surface area (Å²) < 4.78 is 10.6. The molecule has 0 saturated carbocycles. The van der Waals surface area contributed by atoms with Crippen molar-refractivity contribution in [1.29, 1.82) is 0 Å². The molecule has 5 rings (SSSR count). The highest BCUT2D eigenvalue weighted by Crippen LogP contribution is 2.47. The summed E-state index contributed by atoms with van der Waals surface area (Å²) in [4.78, 5) is 17.6. The average Bonchev–Trinajstić information content (AvgIpc) is 3.10. The Kier molecular flexibility index (Phi) is 4.69. The molecule has 1 amide bonds. The number of hydrogen-bond acceptors (Lipinski definition) is 4. The van der Waals surface area contributed by atoms with E-state index in [0.717, 1.165) is 12.3 Å². The van der Waals surface area contributed by atoms with Gasteiger partial charge >= 0.3 is 0 Å². The molecule has 1 aromatic rings. The Morgan fingerprint density at radius 2 is 2.00 bits per heavy atom. The number of hydrogen-bond donors (Lipinski definition) is 0. The first-order chi connectivity index (χ1) is 12.2. The number of carbonyl (C=O) groups excluding carboxylic acids is 1. The number of likely N-dealkylation sites (tertiary alicyclic amines) is 1.